The van der Waals surface area contributed by atoms with Crippen molar-refractivity contribution in [1.29, 1.82) is 0 Å². The van der Waals surface area contributed by atoms with Crippen LogP contribution >= 0.6 is 11.6 Å². The van der Waals surface area contributed by atoms with Crippen LogP contribution in [0, 0.1) is 5.82 Å². The lowest BCUT2D eigenvalue weighted by atomic mass is 10.1. The molecule has 0 saturated carbocycles. The highest BCUT2D eigenvalue weighted by atomic mass is 35.5. The van der Waals surface area contributed by atoms with Gasteiger partial charge >= 0.3 is 0 Å². The van der Waals surface area contributed by atoms with Crippen molar-refractivity contribution in [3.8, 4) is 0 Å². The van der Waals surface area contributed by atoms with Gasteiger partial charge in [-0.25, -0.2) is 4.39 Å². The van der Waals surface area contributed by atoms with Gasteiger partial charge in [0.2, 0.25) is 5.91 Å². The standard InChI is InChI=1S/C13H17ClFN3O/c1-16-13(19)12-7-17-4-5-18(12)8-9-2-3-10(14)11(15)6-9/h2-3,6,12,17H,4-5,7-8H2,1H3,(H,16,19). The summed E-state index contributed by atoms with van der Waals surface area (Å²) >= 11 is 5.66. The van der Waals surface area contributed by atoms with Crippen LogP contribution in [-0.4, -0.2) is 43.5 Å². The van der Waals surface area contributed by atoms with Crippen molar-refractivity contribution in [3.05, 3.63) is 34.6 Å². The lowest BCUT2D eigenvalue weighted by Crippen LogP contribution is -2.56. The van der Waals surface area contributed by atoms with E-state index in [-0.39, 0.29) is 17.0 Å². The minimum atomic E-state index is -0.425. The van der Waals surface area contributed by atoms with E-state index in [1.807, 2.05) is 4.90 Å². The first-order valence-corrected chi connectivity index (χ1v) is 6.60. The average molecular weight is 286 g/mol. The summed E-state index contributed by atoms with van der Waals surface area (Å²) in [5, 5.41) is 5.96. The molecule has 1 aromatic rings. The van der Waals surface area contributed by atoms with Crippen LogP contribution in [0.4, 0.5) is 4.39 Å². The van der Waals surface area contributed by atoms with E-state index in [0.717, 1.165) is 18.7 Å². The van der Waals surface area contributed by atoms with Gasteiger partial charge in [-0.3, -0.25) is 9.69 Å². The third kappa shape index (κ3) is 3.43. The second-order valence-electron chi connectivity index (χ2n) is 4.55. The fourth-order valence-corrected chi connectivity index (χ4v) is 2.35. The Bertz CT molecular complexity index is 469. The zero-order valence-electron chi connectivity index (χ0n) is 10.7. The highest BCUT2D eigenvalue weighted by Crippen LogP contribution is 2.18. The van der Waals surface area contributed by atoms with E-state index in [1.165, 1.54) is 6.07 Å². The molecule has 0 aromatic heterocycles. The van der Waals surface area contributed by atoms with Crippen molar-refractivity contribution in [3.63, 3.8) is 0 Å². The highest BCUT2D eigenvalue weighted by Gasteiger charge is 2.27. The van der Waals surface area contributed by atoms with E-state index >= 15 is 0 Å². The molecule has 0 aliphatic carbocycles. The Morgan fingerprint density at radius 3 is 3.11 bits per heavy atom. The molecule has 1 unspecified atom stereocenters. The fourth-order valence-electron chi connectivity index (χ4n) is 2.23. The molecule has 104 valence electrons. The summed E-state index contributed by atoms with van der Waals surface area (Å²) in [7, 11) is 1.62. The third-order valence-electron chi connectivity index (χ3n) is 3.27. The maximum atomic E-state index is 13.4. The average Bonchev–Trinajstić information content (AvgIpc) is 2.43. The van der Waals surface area contributed by atoms with Crippen LogP contribution in [0.25, 0.3) is 0 Å². The smallest absolute Gasteiger partial charge is 0.238 e. The van der Waals surface area contributed by atoms with Gasteiger partial charge in [0.15, 0.2) is 0 Å². The van der Waals surface area contributed by atoms with Crippen LogP contribution < -0.4 is 10.6 Å². The number of rotatable bonds is 3. The van der Waals surface area contributed by atoms with Crippen molar-refractivity contribution >= 4 is 17.5 Å². The molecule has 1 aliphatic heterocycles. The molecule has 1 aliphatic rings. The molecule has 0 radical (unpaired) electrons. The molecule has 1 atom stereocenters. The Kier molecular flexibility index (Phi) is 4.74. The Hall–Kier alpha value is -1.17. The topological polar surface area (TPSA) is 44.4 Å². The highest BCUT2D eigenvalue weighted by molar-refractivity contribution is 6.30. The van der Waals surface area contributed by atoms with Gasteiger partial charge in [0.05, 0.1) is 5.02 Å². The van der Waals surface area contributed by atoms with Gasteiger partial charge in [-0.1, -0.05) is 17.7 Å². The number of benzene rings is 1. The molecule has 1 saturated heterocycles. The molecule has 1 aromatic carbocycles. The van der Waals surface area contributed by atoms with Crippen molar-refractivity contribution in [2.75, 3.05) is 26.7 Å². The van der Waals surface area contributed by atoms with E-state index < -0.39 is 5.82 Å². The SMILES string of the molecule is CNC(=O)C1CNCCN1Cc1ccc(Cl)c(F)c1. The number of halogens is 2. The van der Waals surface area contributed by atoms with Gasteiger partial charge in [0, 0.05) is 33.2 Å². The van der Waals surface area contributed by atoms with Gasteiger partial charge < -0.3 is 10.6 Å². The van der Waals surface area contributed by atoms with Crippen LogP contribution in [0.5, 0.6) is 0 Å². The number of carbonyl (C=O) groups excluding carboxylic acids is 1. The lowest BCUT2D eigenvalue weighted by Gasteiger charge is -2.34. The normalized spacial score (nSPS) is 20.3. The van der Waals surface area contributed by atoms with Gasteiger partial charge in [0.1, 0.15) is 11.9 Å². The summed E-state index contributed by atoms with van der Waals surface area (Å²) < 4.78 is 13.4. The minimum absolute atomic E-state index is 0.0263. The lowest BCUT2D eigenvalue weighted by molar-refractivity contribution is -0.126. The number of nitrogens with zero attached hydrogens (tertiary/aromatic N) is 1. The predicted octanol–water partition coefficient (Wildman–Crippen LogP) is 0.999. The van der Waals surface area contributed by atoms with Gasteiger partial charge in [-0.2, -0.15) is 0 Å². The minimum Gasteiger partial charge on any atom is -0.358 e. The van der Waals surface area contributed by atoms with Crippen molar-refractivity contribution in [1.82, 2.24) is 15.5 Å². The predicted molar refractivity (Wildman–Crippen MR) is 72.5 cm³/mol. The third-order valence-corrected chi connectivity index (χ3v) is 3.58. The van der Waals surface area contributed by atoms with E-state index in [0.29, 0.717) is 13.1 Å². The van der Waals surface area contributed by atoms with Gasteiger partial charge in [-0.05, 0) is 17.7 Å². The zero-order chi connectivity index (χ0) is 13.8. The Labute approximate surface area is 116 Å². The van der Waals surface area contributed by atoms with Gasteiger partial charge in [-0.15, -0.1) is 0 Å². The second-order valence-corrected chi connectivity index (χ2v) is 4.96. The Morgan fingerprint density at radius 1 is 1.63 bits per heavy atom. The maximum Gasteiger partial charge on any atom is 0.238 e. The summed E-state index contributed by atoms with van der Waals surface area (Å²) in [4.78, 5) is 13.8. The summed E-state index contributed by atoms with van der Waals surface area (Å²) in [6.07, 6.45) is 0. The molecule has 4 nitrogen and oxygen atoms in total. The van der Waals surface area contributed by atoms with E-state index in [9.17, 15) is 9.18 Å². The molecule has 0 spiro atoms. The molecule has 2 N–H and O–H groups in total. The largest absolute Gasteiger partial charge is 0.358 e. The fraction of sp³-hybridized carbons (Fsp3) is 0.462. The molecular formula is C13H17ClFN3O. The number of carbonyl (C=O) groups is 1. The zero-order valence-corrected chi connectivity index (χ0v) is 11.5. The van der Waals surface area contributed by atoms with Crippen LogP contribution in [0.1, 0.15) is 5.56 Å². The van der Waals surface area contributed by atoms with Crippen LogP contribution in [0.3, 0.4) is 0 Å². The van der Waals surface area contributed by atoms with Crippen LogP contribution in [0.2, 0.25) is 5.02 Å². The number of hydrogen-bond donors (Lipinski definition) is 2. The molecular weight excluding hydrogens is 269 g/mol. The second kappa shape index (κ2) is 6.32. The summed E-state index contributed by atoms with van der Waals surface area (Å²) in [5.74, 6) is -0.451. The monoisotopic (exact) mass is 285 g/mol. The summed E-state index contributed by atoms with van der Waals surface area (Å²) in [6, 6.07) is 4.53. The van der Waals surface area contributed by atoms with E-state index in [1.54, 1.807) is 19.2 Å². The number of hydrogen-bond acceptors (Lipinski definition) is 3. The van der Waals surface area contributed by atoms with Crippen molar-refractivity contribution in [2.24, 2.45) is 0 Å². The van der Waals surface area contributed by atoms with Gasteiger partial charge in [0.25, 0.3) is 0 Å². The van der Waals surface area contributed by atoms with Crippen LogP contribution in [0.15, 0.2) is 18.2 Å². The Morgan fingerprint density at radius 2 is 2.42 bits per heavy atom. The molecule has 1 amide bonds. The number of likely N-dealkylation sites (N-methyl/N-ethyl adjacent to an activating group) is 1. The molecule has 6 heteroatoms. The van der Waals surface area contributed by atoms with Crippen LogP contribution in [-0.2, 0) is 11.3 Å². The quantitative estimate of drug-likeness (QED) is 0.871. The molecule has 1 heterocycles. The number of amides is 1. The van der Waals surface area contributed by atoms with E-state index in [4.69, 9.17) is 11.6 Å². The molecule has 1 fully saturated rings. The number of nitrogens with one attached hydrogen (secondary N) is 2. The molecule has 19 heavy (non-hydrogen) atoms. The van der Waals surface area contributed by atoms with Crippen molar-refractivity contribution in [2.45, 2.75) is 12.6 Å². The number of piperazine rings is 1. The molecule has 2 rings (SSSR count). The first-order valence-electron chi connectivity index (χ1n) is 6.22. The maximum absolute atomic E-state index is 13.4. The summed E-state index contributed by atoms with van der Waals surface area (Å²) in [5.41, 5.74) is 0.817. The summed E-state index contributed by atoms with van der Waals surface area (Å²) in [6.45, 7) is 2.72. The van der Waals surface area contributed by atoms with Crippen molar-refractivity contribution < 1.29 is 9.18 Å². The first kappa shape index (κ1) is 14.2. The Balaban J connectivity index is 2.10. The molecule has 0 bridgehead atoms. The van der Waals surface area contributed by atoms with E-state index in [2.05, 4.69) is 10.6 Å². The first-order chi connectivity index (χ1) is 9.11.